The Balaban J connectivity index is 1.24. The zero-order valence-corrected chi connectivity index (χ0v) is 30.0. The summed E-state index contributed by atoms with van der Waals surface area (Å²) in [5, 5.41) is 0. The number of nitrogens with zero attached hydrogens (tertiary/aromatic N) is 1. The van der Waals surface area contributed by atoms with Gasteiger partial charge >= 0.3 is 0 Å². The predicted octanol–water partition coefficient (Wildman–Crippen LogP) is 12.1. The number of fused-ring (bicyclic) bond motifs is 8. The average Bonchev–Trinajstić information content (AvgIpc) is 3.74. The van der Waals surface area contributed by atoms with Gasteiger partial charge in [-0.05, 0) is 89.9 Å². The number of rotatable bonds is 10. The lowest BCUT2D eigenvalue weighted by Crippen LogP contribution is -2.46. The topological polar surface area (TPSA) is 12.5 Å². The summed E-state index contributed by atoms with van der Waals surface area (Å²) in [6.45, 7) is 10.1. The second kappa shape index (κ2) is 12.5. The van der Waals surface area contributed by atoms with E-state index in [1.165, 1.54) is 58.9 Å². The fourth-order valence-electron chi connectivity index (χ4n) is 9.76. The van der Waals surface area contributed by atoms with E-state index in [1.807, 2.05) is 0 Å². The third kappa shape index (κ3) is 5.27. The van der Waals surface area contributed by atoms with E-state index in [9.17, 15) is 0 Å². The number of hydrogen-bond acceptors (Lipinski definition) is 2. The average molecular weight is 648 g/mol. The van der Waals surface area contributed by atoms with Gasteiger partial charge in [0.2, 0.25) is 0 Å². The summed E-state index contributed by atoms with van der Waals surface area (Å²) in [4.78, 5) is 2.68. The molecule has 8 rings (SSSR count). The predicted molar refractivity (Wildman–Crippen MR) is 204 cm³/mol. The summed E-state index contributed by atoms with van der Waals surface area (Å²) in [6.07, 6.45) is 4.91. The number of para-hydroxylation sites is 2. The van der Waals surface area contributed by atoms with Crippen LogP contribution in [0.5, 0.6) is 0 Å². The van der Waals surface area contributed by atoms with Gasteiger partial charge in [-0.1, -0.05) is 141 Å². The zero-order chi connectivity index (χ0) is 32.9. The van der Waals surface area contributed by atoms with Crippen molar-refractivity contribution in [3.8, 4) is 11.1 Å². The Morgan fingerprint density at radius 1 is 0.583 bits per heavy atom. The Morgan fingerprint density at radius 3 is 1.79 bits per heavy atom. The summed E-state index contributed by atoms with van der Waals surface area (Å²) >= 11 is 0. The summed E-state index contributed by atoms with van der Waals surface area (Å²) in [7, 11) is -2.18. The van der Waals surface area contributed by atoms with Gasteiger partial charge in [0.05, 0.1) is 19.7 Å². The molecule has 1 aliphatic heterocycles. The van der Waals surface area contributed by atoms with E-state index in [0.29, 0.717) is 23.0 Å². The third-order valence-electron chi connectivity index (χ3n) is 11.6. The fourth-order valence-corrected chi connectivity index (χ4v) is 15.8. The molecule has 3 aliphatic rings. The number of ether oxygens (including phenoxy) is 1. The fraction of sp³-hybridized carbons (Fsp3) is 0.333. The molecule has 4 atom stereocenters. The first kappa shape index (κ1) is 31.4. The quantitative estimate of drug-likeness (QED) is 0.110. The third-order valence-corrected chi connectivity index (χ3v) is 17.0. The van der Waals surface area contributed by atoms with Gasteiger partial charge in [0.1, 0.15) is 0 Å². The molecule has 0 N–H and O–H groups in total. The monoisotopic (exact) mass is 647 g/mol. The van der Waals surface area contributed by atoms with Crippen LogP contribution >= 0.6 is 0 Å². The van der Waals surface area contributed by atoms with Crippen molar-refractivity contribution >= 4 is 19.4 Å². The van der Waals surface area contributed by atoms with Crippen molar-refractivity contribution in [3.05, 3.63) is 155 Å². The van der Waals surface area contributed by atoms with E-state index >= 15 is 0 Å². The lowest BCUT2D eigenvalue weighted by atomic mass is 9.95. The van der Waals surface area contributed by atoms with Crippen molar-refractivity contribution in [2.75, 3.05) is 11.5 Å². The van der Waals surface area contributed by atoms with Crippen LogP contribution in [0.4, 0.5) is 11.4 Å². The molecule has 5 aromatic carbocycles. The highest BCUT2D eigenvalue weighted by Gasteiger charge is 2.59. The zero-order valence-electron chi connectivity index (χ0n) is 29.0. The number of benzene rings is 5. The van der Waals surface area contributed by atoms with E-state index in [1.54, 1.807) is 16.7 Å². The van der Waals surface area contributed by atoms with E-state index in [-0.39, 0.29) is 5.60 Å². The molecule has 2 nitrogen and oxygen atoms in total. The highest BCUT2D eigenvalue weighted by molar-refractivity contribution is 6.82. The molecular weight excluding hydrogens is 599 g/mol. The van der Waals surface area contributed by atoms with Gasteiger partial charge in [-0.2, -0.15) is 0 Å². The molecule has 0 amide bonds. The molecule has 3 heteroatoms. The van der Waals surface area contributed by atoms with Crippen LogP contribution in [0.3, 0.4) is 0 Å². The Morgan fingerprint density at radius 2 is 1.12 bits per heavy atom. The molecule has 0 saturated heterocycles. The van der Waals surface area contributed by atoms with Crippen LogP contribution < -0.4 is 4.90 Å². The van der Waals surface area contributed by atoms with E-state index in [0.717, 1.165) is 13.0 Å². The van der Waals surface area contributed by atoms with Crippen molar-refractivity contribution in [2.45, 2.75) is 87.7 Å². The number of anilines is 2. The second-order valence-corrected chi connectivity index (χ2v) is 20.3. The van der Waals surface area contributed by atoms with Crippen molar-refractivity contribution in [3.63, 3.8) is 0 Å². The molecule has 5 aromatic rings. The molecule has 2 aliphatic carbocycles. The van der Waals surface area contributed by atoms with Crippen LogP contribution in [0.25, 0.3) is 11.1 Å². The molecule has 244 valence electrons. The molecule has 0 saturated carbocycles. The van der Waals surface area contributed by atoms with Crippen LogP contribution in [0.15, 0.2) is 127 Å². The molecule has 4 unspecified atom stereocenters. The smallest absolute Gasteiger partial charge is 0.0718 e. The van der Waals surface area contributed by atoms with Crippen molar-refractivity contribution in [1.82, 2.24) is 0 Å². The highest BCUT2D eigenvalue weighted by Crippen LogP contribution is 2.67. The maximum absolute atomic E-state index is 6.09. The minimum atomic E-state index is -2.18. The van der Waals surface area contributed by atoms with Gasteiger partial charge in [-0.25, -0.2) is 0 Å². The molecule has 0 bridgehead atoms. The Labute approximate surface area is 288 Å². The standard InChI is InChI=1S/C45H49NOSi/c1-45(2,3)47-30-18-5-6-19-31-48(4,43-36-25-13-10-22-33(36)34-23-11-14-26-37(34)43)44-38-27-15-12-24-35(38)42-41(44)39-28-16-17-29-40(39)46(42)32-20-8-7-9-21-32/h7-17,20-29,41-44H,5-6,18-19,30-31H2,1-4H3. The van der Waals surface area contributed by atoms with Crippen LogP contribution in [0, 0.1) is 0 Å². The molecular formula is C45H49NOSi. The molecule has 0 radical (unpaired) electrons. The van der Waals surface area contributed by atoms with E-state index in [4.69, 9.17) is 4.74 Å². The Kier molecular flexibility index (Phi) is 8.17. The van der Waals surface area contributed by atoms with Crippen LogP contribution in [0.1, 0.15) is 97.3 Å². The first-order valence-corrected chi connectivity index (χ1v) is 21.1. The van der Waals surface area contributed by atoms with Crippen LogP contribution in [0.2, 0.25) is 12.6 Å². The van der Waals surface area contributed by atoms with Crippen molar-refractivity contribution < 1.29 is 4.74 Å². The number of unbranched alkanes of at least 4 members (excludes halogenated alkanes) is 3. The minimum absolute atomic E-state index is 0.0631. The molecule has 0 aromatic heterocycles. The lowest BCUT2D eigenvalue weighted by Gasteiger charge is -2.43. The first-order chi connectivity index (χ1) is 23.4. The Bertz CT molecular complexity index is 1860. The lowest BCUT2D eigenvalue weighted by molar-refractivity contribution is -0.00471. The second-order valence-electron chi connectivity index (χ2n) is 15.6. The minimum Gasteiger partial charge on any atom is -0.376 e. The van der Waals surface area contributed by atoms with E-state index < -0.39 is 8.07 Å². The Hall–Kier alpha value is -3.92. The van der Waals surface area contributed by atoms with Gasteiger partial charge in [-0.3, -0.25) is 0 Å². The number of hydrogen-bond donors (Lipinski definition) is 0. The van der Waals surface area contributed by atoms with Crippen LogP contribution in [-0.2, 0) is 4.74 Å². The van der Waals surface area contributed by atoms with Crippen molar-refractivity contribution in [1.29, 1.82) is 0 Å². The van der Waals surface area contributed by atoms with Gasteiger partial charge in [0.25, 0.3) is 0 Å². The van der Waals surface area contributed by atoms with Gasteiger partial charge < -0.3 is 9.64 Å². The summed E-state index contributed by atoms with van der Waals surface area (Å²) in [5.41, 5.74) is 14.3. The van der Waals surface area contributed by atoms with Crippen molar-refractivity contribution in [2.24, 2.45) is 0 Å². The van der Waals surface area contributed by atoms with Gasteiger partial charge in [-0.15, -0.1) is 0 Å². The molecule has 0 fully saturated rings. The largest absolute Gasteiger partial charge is 0.376 e. The molecule has 1 heterocycles. The maximum atomic E-state index is 6.09. The maximum Gasteiger partial charge on any atom is 0.0718 e. The summed E-state index contributed by atoms with van der Waals surface area (Å²) < 4.78 is 6.09. The van der Waals surface area contributed by atoms with Crippen LogP contribution in [-0.4, -0.2) is 20.3 Å². The summed E-state index contributed by atoms with van der Waals surface area (Å²) in [6, 6.07) is 50.4. The normalized spacial score (nSPS) is 20.5. The molecule has 0 spiro atoms. The first-order valence-electron chi connectivity index (χ1n) is 18.2. The highest BCUT2D eigenvalue weighted by atomic mass is 28.3. The SMILES string of the molecule is CC(C)(C)OCCCCCC[Si](C)(C1c2ccccc2-c2ccccc21)C1c2ccccc2C2C1c1ccccc1N2c1ccccc1. The van der Waals surface area contributed by atoms with Gasteiger partial charge in [0, 0.05) is 29.4 Å². The molecule has 48 heavy (non-hydrogen) atoms. The summed E-state index contributed by atoms with van der Waals surface area (Å²) in [5.74, 6) is 0.426. The van der Waals surface area contributed by atoms with E-state index in [2.05, 4.69) is 160 Å². The van der Waals surface area contributed by atoms with Gasteiger partial charge in [0.15, 0.2) is 0 Å².